The van der Waals surface area contributed by atoms with Crippen LogP contribution in [0.4, 0.5) is 11.4 Å². The van der Waals surface area contributed by atoms with Crippen molar-refractivity contribution in [2.75, 3.05) is 39.1 Å². The van der Waals surface area contributed by atoms with Gasteiger partial charge in [0.25, 0.3) is 11.6 Å². The number of nitrogens with zero attached hydrogens (tertiary/aromatic N) is 2. The Bertz CT molecular complexity index is 492. The number of hydrogen-bond acceptors (Lipinski definition) is 6. The van der Waals surface area contributed by atoms with E-state index in [-0.39, 0.29) is 43.2 Å². The molecule has 0 bridgehead atoms. The molecule has 0 aliphatic heterocycles. The average Bonchev–Trinajstić information content (AvgIpc) is 2.42. The first-order chi connectivity index (χ1) is 9.51. The number of hydrogen-bond donors (Lipinski definition) is 2. The van der Waals surface area contributed by atoms with E-state index in [4.69, 9.17) is 15.6 Å². The molecule has 8 nitrogen and oxygen atoms in total. The summed E-state index contributed by atoms with van der Waals surface area (Å²) in [6.45, 7) is 0.309. The molecule has 0 aliphatic carbocycles. The van der Waals surface area contributed by atoms with Crippen molar-refractivity contribution in [3.63, 3.8) is 0 Å². The molecule has 0 aromatic heterocycles. The molecule has 0 aliphatic rings. The normalized spacial score (nSPS) is 10.3. The quantitative estimate of drug-likeness (QED) is 0.421. The van der Waals surface area contributed by atoms with Crippen LogP contribution in [0.2, 0.25) is 0 Å². The molecular formula is C12H17N3O5. The predicted octanol–water partition coefficient (Wildman–Crippen LogP) is 0.258. The third-order valence-corrected chi connectivity index (χ3v) is 2.67. The molecule has 0 unspecified atom stereocenters. The highest BCUT2D eigenvalue weighted by Crippen LogP contribution is 2.22. The minimum Gasteiger partial charge on any atom is -0.399 e. The second kappa shape index (κ2) is 7.41. The number of carbonyl (C=O) groups is 1. The molecule has 0 saturated heterocycles. The van der Waals surface area contributed by atoms with Gasteiger partial charge in [0.15, 0.2) is 0 Å². The van der Waals surface area contributed by atoms with Gasteiger partial charge in [-0.3, -0.25) is 14.9 Å². The summed E-state index contributed by atoms with van der Waals surface area (Å²) in [5.41, 5.74) is 5.42. The van der Waals surface area contributed by atoms with E-state index in [2.05, 4.69) is 0 Å². The first kappa shape index (κ1) is 15.9. The topological polar surface area (TPSA) is 119 Å². The van der Waals surface area contributed by atoms with Gasteiger partial charge in [-0.05, 0) is 12.1 Å². The maximum Gasteiger partial charge on any atom is 0.282 e. The zero-order valence-corrected chi connectivity index (χ0v) is 11.1. The molecule has 1 rings (SSSR count). The van der Waals surface area contributed by atoms with Gasteiger partial charge in [0.05, 0.1) is 18.1 Å². The van der Waals surface area contributed by atoms with Crippen LogP contribution in [0, 0.1) is 10.1 Å². The SMILES string of the molecule is COCCN(CCO)C(=O)c1cc(N)ccc1[N+](=O)[O-]. The third kappa shape index (κ3) is 3.90. The molecule has 1 aromatic carbocycles. The molecule has 0 spiro atoms. The van der Waals surface area contributed by atoms with Gasteiger partial charge in [0.1, 0.15) is 5.56 Å². The Hall–Kier alpha value is -2.19. The number of rotatable bonds is 7. The number of amides is 1. The molecule has 0 radical (unpaired) electrons. The number of nitrogens with two attached hydrogens (primary N) is 1. The summed E-state index contributed by atoms with van der Waals surface area (Å²) in [7, 11) is 1.48. The second-order valence-corrected chi connectivity index (χ2v) is 4.04. The molecular weight excluding hydrogens is 266 g/mol. The molecule has 8 heteroatoms. The first-order valence-electron chi connectivity index (χ1n) is 5.94. The fourth-order valence-corrected chi connectivity index (χ4v) is 1.69. The van der Waals surface area contributed by atoms with E-state index in [1.165, 1.54) is 30.2 Å². The number of anilines is 1. The van der Waals surface area contributed by atoms with E-state index in [0.717, 1.165) is 0 Å². The standard InChI is InChI=1S/C12H17N3O5/c1-20-7-5-14(4-6-16)12(17)10-8-9(13)2-3-11(10)15(18)19/h2-3,8,16H,4-7,13H2,1H3. The summed E-state index contributed by atoms with van der Waals surface area (Å²) in [6.07, 6.45) is 0. The van der Waals surface area contributed by atoms with E-state index >= 15 is 0 Å². The number of benzene rings is 1. The van der Waals surface area contributed by atoms with Crippen molar-refractivity contribution >= 4 is 17.3 Å². The van der Waals surface area contributed by atoms with E-state index in [1.54, 1.807) is 0 Å². The number of aliphatic hydroxyl groups excluding tert-OH is 1. The van der Waals surface area contributed by atoms with Crippen molar-refractivity contribution in [1.82, 2.24) is 4.90 Å². The number of methoxy groups -OCH3 is 1. The second-order valence-electron chi connectivity index (χ2n) is 4.04. The maximum atomic E-state index is 12.3. The monoisotopic (exact) mass is 283 g/mol. The number of aliphatic hydroxyl groups is 1. The summed E-state index contributed by atoms with van der Waals surface area (Å²) in [4.78, 5) is 23.9. The summed E-state index contributed by atoms with van der Waals surface area (Å²) in [6, 6.07) is 3.81. The van der Waals surface area contributed by atoms with Crippen LogP contribution in [0.25, 0.3) is 0 Å². The van der Waals surface area contributed by atoms with Gasteiger partial charge < -0.3 is 20.5 Å². The lowest BCUT2D eigenvalue weighted by atomic mass is 10.1. The molecule has 1 aromatic rings. The van der Waals surface area contributed by atoms with Crippen LogP contribution in [0.1, 0.15) is 10.4 Å². The summed E-state index contributed by atoms with van der Waals surface area (Å²) in [5, 5.41) is 19.9. The zero-order valence-electron chi connectivity index (χ0n) is 11.1. The highest BCUT2D eigenvalue weighted by atomic mass is 16.6. The van der Waals surface area contributed by atoms with Crippen molar-refractivity contribution in [3.05, 3.63) is 33.9 Å². The van der Waals surface area contributed by atoms with Crippen molar-refractivity contribution in [2.45, 2.75) is 0 Å². The lowest BCUT2D eigenvalue weighted by Crippen LogP contribution is -2.36. The Morgan fingerprint density at radius 1 is 1.50 bits per heavy atom. The molecule has 0 heterocycles. The summed E-state index contributed by atoms with van der Waals surface area (Å²) in [5.74, 6) is -0.560. The van der Waals surface area contributed by atoms with Crippen LogP contribution in [-0.2, 0) is 4.74 Å². The Morgan fingerprint density at radius 3 is 2.75 bits per heavy atom. The Kier molecular flexibility index (Phi) is 5.88. The largest absolute Gasteiger partial charge is 0.399 e. The minimum atomic E-state index is -0.639. The zero-order chi connectivity index (χ0) is 15.1. The van der Waals surface area contributed by atoms with Gasteiger partial charge in [-0.15, -0.1) is 0 Å². The molecule has 110 valence electrons. The minimum absolute atomic E-state index is 0.0636. The fraction of sp³-hybridized carbons (Fsp3) is 0.417. The molecule has 1 amide bonds. The number of ether oxygens (including phenoxy) is 1. The van der Waals surface area contributed by atoms with Crippen LogP contribution >= 0.6 is 0 Å². The Morgan fingerprint density at radius 2 is 2.20 bits per heavy atom. The van der Waals surface area contributed by atoms with E-state index in [1.807, 2.05) is 0 Å². The summed E-state index contributed by atoms with van der Waals surface area (Å²) < 4.78 is 4.87. The van der Waals surface area contributed by atoms with Crippen LogP contribution < -0.4 is 5.73 Å². The highest BCUT2D eigenvalue weighted by molar-refractivity contribution is 5.99. The van der Waals surface area contributed by atoms with Crippen LogP contribution in [0.15, 0.2) is 18.2 Å². The van der Waals surface area contributed by atoms with Crippen LogP contribution in [-0.4, -0.2) is 54.3 Å². The molecule has 20 heavy (non-hydrogen) atoms. The van der Waals surface area contributed by atoms with Crippen LogP contribution in [0.5, 0.6) is 0 Å². The number of nitrogen functional groups attached to an aromatic ring is 1. The number of nitro benzene ring substituents is 1. The van der Waals surface area contributed by atoms with Crippen molar-refractivity contribution in [2.24, 2.45) is 0 Å². The lowest BCUT2D eigenvalue weighted by molar-refractivity contribution is -0.385. The van der Waals surface area contributed by atoms with Gasteiger partial charge in [-0.1, -0.05) is 0 Å². The van der Waals surface area contributed by atoms with E-state index < -0.39 is 10.8 Å². The number of nitro groups is 1. The van der Waals surface area contributed by atoms with Gasteiger partial charge >= 0.3 is 0 Å². The average molecular weight is 283 g/mol. The molecule has 0 atom stereocenters. The van der Waals surface area contributed by atoms with Crippen LogP contribution in [0.3, 0.4) is 0 Å². The van der Waals surface area contributed by atoms with E-state index in [0.29, 0.717) is 0 Å². The first-order valence-corrected chi connectivity index (χ1v) is 5.94. The fourth-order valence-electron chi connectivity index (χ4n) is 1.69. The molecule has 3 N–H and O–H groups in total. The van der Waals surface area contributed by atoms with Gasteiger partial charge in [0.2, 0.25) is 0 Å². The third-order valence-electron chi connectivity index (χ3n) is 2.67. The maximum absolute atomic E-state index is 12.3. The Balaban J connectivity index is 3.09. The van der Waals surface area contributed by atoms with Crippen molar-refractivity contribution in [1.29, 1.82) is 0 Å². The molecule has 0 saturated carbocycles. The van der Waals surface area contributed by atoms with Gasteiger partial charge in [-0.2, -0.15) is 0 Å². The predicted molar refractivity (Wildman–Crippen MR) is 72.4 cm³/mol. The smallest absolute Gasteiger partial charge is 0.282 e. The van der Waals surface area contributed by atoms with Gasteiger partial charge in [-0.25, -0.2) is 0 Å². The molecule has 0 fully saturated rings. The van der Waals surface area contributed by atoms with Crippen molar-refractivity contribution in [3.8, 4) is 0 Å². The number of carbonyl (C=O) groups excluding carboxylic acids is 1. The lowest BCUT2D eigenvalue weighted by Gasteiger charge is -2.21. The summed E-state index contributed by atoms with van der Waals surface area (Å²) >= 11 is 0. The van der Waals surface area contributed by atoms with Crippen molar-refractivity contribution < 1.29 is 19.6 Å². The van der Waals surface area contributed by atoms with E-state index in [9.17, 15) is 14.9 Å². The van der Waals surface area contributed by atoms with Gasteiger partial charge in [0, 0.05) is 32.0 Å². The highest BCUT2D eigenvalue weighted by Gasteiger charge is 2.24. The Labute approximate surface area is 115 Å².